The maximum Gasteiger partial charge on any atom is 0.332 e. The van der Waals surface area contributed by atoms with Crippen molar-refractivity contribution in [2.75, 3.05) is 18.6 Å². The Balaban J connectivity index is 1.48. The maximum absolute atomic E-state index is 12.9. The number of hydrogen-bond donors (Lipinski definition) is 0. The number of methoxy groups -OCH3 is 1. The third kappa shape index (κ3) is 3.45. The van der Waals surface area contributed by atoms with E-state index in [-0.39, 0.29) is 23.8 Å². The molecule has 6 nitrogen and oxygen atoms in total. The molecular formula is C20H24N2O4S. The summed E-state index contributed by atoms with van der Waals surface area (Å²) < 4.78 is 4.81. The van der Waals surface area contributed by atoms with Crippen molar-refractivity contribution in [2.24, 2.45) is 5.92 Å². The number of anilines is 1. The van der Waals surface area contributed by atoms with Crippen LogP contribution in [0.2, 0.25) is 0 Å². The van der Waals surface area contributed by atoms with E-state index in [4.69, 9.17) is 4.74 Å². The predicted molar refractivity (Wildman–Crippen MR) is 103 cm³/mol. The number of urea groups is 1. The summed E-state index contributed by atoms with van der Waals surface area (Å²) in [6, 6.07) is 6.83. The first kappa shape index (κ1) is 18.3. The van der Waals surface area contributed by atoms with Crippen LogP contribution in [-0.4, -0.2) is 47.8 Å². The molecule has 0 spiro atoms. The number of thioether (sulfide) groups is 1. The summed E-state index contributed by atoms with van der Waals surface area (Å²) in [4.78, 5) is 41.5. The van der Waals surface area contributed by atoms with Crippen molar-refractivity contribution in [2.45, 2.75) is 54.7 Å². The van der Waals surface area contributed by atoms with Crippen molar-refractivity contribution < 1.29 is 19.1 Å². The Morgan fingerprint density at radius 3 is 2.48 bits per heavy atom. The van der Waals surface area contributed by atoms with Gasteiger partial charge in [0.05, 0.1) is 18.7 Å². The number of carbonyl (C=O) groups excluding carboxylic acids is 3. The molecule has 2 aliphatic heterocycles. The van der Waals surface area contributed by atoms with Crippen LogP contribution in [0.3, 0.4) is 0 Å². The topological polar surface area (TPSA) is 66.9 Å². The van der Waals surface area contributed by atoms with Crippen LogP contribution >= 0.6 is 11.8 Å². The summed E-state index contributed by atoms with van der Waals surface area (Å²) in [5.74, 6) is -0.871. The fourth-order valence-electron chi connectivity index (χ4n) is 4.29. The van der Waals surface area contributed by atoms with Gasteiger partial charge in [0.2, 0.25) is 0 Å². The van der Waals surface area contributed by atoms with Crippen LogP contribution in [0.1, 0.15) is 38.5 Å². The lowest BCUT2D eigenvalue weighted by Crippen LogP contribution is -2.44. The van der Waals surface area contributed by atoms with Crippen LogP contribution < -0.4 is 4.90 Å². The number of esters is 1. The Labute approximate surface area is 163 Å². The van der Waals surface area contributed by atoms with Crippen molar-refractivity contribution >= 4 is 35.4 Å². The average Bonchev–Trinajstić information content (AvgIpc) is 3.29. The van der Waals surface area contributed by atoms with E-state index < -0.39 is 6.04 Å². The van der Waals surface area contributed by atoms with Crippen LogP contribution in [0.4, 0.5) is 10.5 Å². The van der Waals surface area contributed by atoms with E-state index in [1.807, 2.05) is 36.0 Å². The molecule has 1 aromatic rings. The minimum atomic E-state index is -0.567. The molecule has 0 N–H and O–H groups in total. The summed E-state index contributed by atoms with van der Waals surface area (Å²) >= 11 is 1.88. The van der Waals surface area contributed by atoms with Crippen LogP contribution in [-0.2, 0) is 14.3 Å². The van der Waals surface area contributed by atoms with Gasteiger partial charge in [-0.1, -0.05) is 12.8 Å². The quantitative estimate of drug-likeness (QED) is 0.584. The molecule has 0 radical (unpaired) electrons. The molecule has 144 valence electrons. The summed E-state index contributed by atoms with van der Waals surface area (Å²) in [7, 11) is 1.35. The highest BCUT2D eigenvalue weighted by Crippen LogP contribution is 2.37. The lowest BCUT2D eigenvalue weighted by molar-refractivity contribution is -0.147. The fourth-order valence-corrected chi connectivity index (χ4v) is 5.54. The highest BCUT2D eigenvalue weighted by molar-refractivity contribution is 8.00. The zero-order valence-electron chi connectivity index (χ0n) is 15.4. The van der Waals surface area contributed by atoms with Gasteiger partial charge in [0.15, 0.2) is 0 Å². The molecule has 3 amide bonds. The van der Waals surface area contributed by atoms with E-state index in [0.29, 0.717) is 30.3 Å². The van der Waals surface area contributed by atoms with Gasteiger partial charge in [-0.25, -0.2) is 9.69 Å². The molecule has 0 aromatic heterocycles. The molecule has 2 atom stereocenters. The third-order valence-corrected chi connectivity index (χ3v) is 7.13. The average molecular weight is 388 g/mol. The summed E-state index contributed by atoms with van der Waals surface area (Å²) in [5.41, 5.74) is 0.602. The number of benzene rings is 1. The SMILES string of the molecule is COC(=O)C1CCN2C(=O)N(c3ccc(SC4CCCC4)cc3)C(=O)C2C1. The molecule has 1 saturated carbocycles. The van der Waals surface area contributed by atoms with Crippen molar-refractivity contribution in [1.29, 1.82) is 0 Å². The molecule has 2 saturated heterocycles. The van der Waals surface area contributed by atoms with Gasteiger partial charge in [0, 0.05) is 16.7 Å². The van der Waals surface area contributed by atoms with Crippen LogP contribution in [0, 0.1) is 5.92 Å². The van der Waals surface area contributed by atoms with Gasteiger partial charge in [-0.15, -0.1) is 11.8 Å². The lowest BCUT2D eigenvalue weighted by Gasteiger charge is -2.30. The third-order valence-electron chi connectivity index (χ3n) is 5.78. The smallest absolute Gasteiger partial charge is 0.332 e. The van der Waals surface area contributed by atoms with Gasteiger partial charge in [0.1, 0.15) is 6.04 Å². The van der Waals surface area contributed by atoms with Crippen molar-refractivity contribution in [3.63, 3.8) is 0 Å². The summed E-state index contributed by atoms with van der Waals surface area (Å²) in [6.45, 7) is 0.404. The Hall–Kier alpha value is -2.02. The molecule has 27 heavy (non-hydrogen) atoms. The molecule has 3 aliphatic rings. The molecular weight excluding hydrogens is 364 g/mol. The molecule has 4 rings (SSSR count). The van der Waals surface area contributed by atoms with Crippen LogP contribution in [0.5, 0.6) is 0 Å². The number of fused-ring (bicyclic) bond motifs is 1. The zero-order valence-corrected chi connectivity index (χ0v) is 16.2. The second-order valence-corrected chi connectivity index (χ2v) is 8.80. The van der Waals surface area contributed by atoms with E-state index in [2.05, 4.69) is 0 Å². The van der Waals surface area contributed by atoms with Crippen LogP contribution in [0.25, 0.3) is 0 Å². The molecule has 0 bridgehead atoms. The van der Waals surface area contributed by atoms with E-state index in [0.717, 1.165) is 0 Å². The molecule has 1 aromatic carbocycles. The molecule has 3 fully saturated rings. The number of ether oxygens (including phenoxy) is 1. The summed E-state index contributed by atoms with van der Waals surface area (Å²) in [5, 5.41) is 0.676. The highest BCUT2D eigenvalue weighted by atomic mass is 32.2. The Morgan fingerprint density at radius 2 is 1.81 bits per heavy atom. The van der Waals surface area contributed by atoms with Gasteiger partial charge in [-0.3, -0.25) is 9.59 Å². The number of nitrogens with zero attached hydrogens (tertiary/aromatic N) is 2. The maximum atomic E-state index is 12.9. The van der Waals surface area contributed by atoms with E-state index in [1.54, 1.807) is 4.90 Å². The standard InChI is InChI=1S/C20H24N2O4S/c1-26-19(24)13-10-11-21-17(12-13)18(23)22(20(21)25)14-6-8-16(9-7-14)27-15-4-2-3-5-15/h6-9,13,15,17H,2-5,10-12H2,1H3. The zero-order chi connectivity index (χ0) is 19.0. The Morgan fingerprint density at radius 1 is 1.11 bits per heavy atom. The van der Waals surface area contributed by atoms with Crippen LogP contribution in [0.15, 0.2) is 29.2 Å². The highest BCUT2D eigenvalue weighted by Gasteiger charge is 2.49. The molecule has 7 heteroatoms. The van der Waals surface area contributed by atoms with Crippen molar-refractivity contribution in [3.8, 4) is 0 Å². The van der Waals surface area contributed by atoms with E-state index in [1.165, 1.54) is 42.6 Å². The number of hydrogen-bond acceptors (Lipinski definition) is 5. The number of amides is 3. The van der Waals surface area contributed by atoms with Gasteiger partial charge >= 0.3 is 12.0 Å². The Kier molecular flexibility index (Phi) is 5.12. The van der Waals surface area contributed by atoms with Crippen molar-refractivity contribution in [1.82, 2.24) is 4.90 Å². The number of piperidine rings is 1. The normalized spacial score (nSPS) is 25.8. The minimum absolute atomic E-state index is 0.246. The predicted octanol–water partition coefficient (Wildman–Crippen LogP) is 3.44. The first-order valence-electron chi connectivity index (χ1n) is 9.57. The Bertz CT molecular complexity index is 745. The number of carbonyl (C=O) groups is 3. The second kappa shape index (κ2) is 7.54. The second-order valence-electron chi connectivity index (χ2n) is 7.43. The number of rotatable bonds is 4. The fraction of sp³-hybridized carbons (Fsp3) is 0.550. The number of imide groups is 1. The monoisotopic (exact) mass is 388 g/mol. The van der Waals surface area contributed by atoms with E-state index >= 15 is 0 Å². The van der Waals surface area contributed by atoms with Gasteiger partial charge in [-0.2, -0.15) is 0 Å². The molecule has 1 aliphatic carbocycles. The minimum Gasteiger partial charge on any atom is -0.469 e. The largest absolute Gasteiger partial charge is 0.469 e. The first-order valence-corrected chi connectivity index (χ1v) is 10.5. The molecule has 2 heterocycles. The lowest BCUT2D eigenvalue weighted by atomic mass is 9.91. The van der Waals surface area contributed by atoms with Gasteiger partial charge in [0.25, 0.3) is 5.91 Å². The van der Waals surface area contributed by atoms with Gasteiger partial charge in [-0.05, 0) is 49.9 Å². The first-order chi connectivity index (χ1) is 13.1. The van der Waals surface area contributed by atoms with Crippen molar-refractivity contribution in [3.05, 3.63) is 24.3 Å². The van der Waals surface area contributed by atoms with E-state index in [9.17, 15) is 14.4 Å². The molecule has 2 unspecified atom stereocenters. The summed E-state index contributed by atoms with van der Waals surface area (Å²) in [6.07, 6.45) is 5.99. The van der Waals surface area contributed by atoms with Gasteiger partial charge < -0.3 is 9.64 Å².